The van der Waals surface area contributed by atoms with E-state index in [-0.39, 0.29) is 0 Å². The summed E-state index contributed by atoms with van der Waals surface area (Å²) in [5, 5.41) is 1.92. The number of benzene rings is 12. The van der Waals surface area contributed by atoms with Gasteiger partial charge in [-0.25, -0.2) is 0 Å². The molecule has 0 amide bonds. The predicted octanol–water partition coefficient (Wildman–Crippen LogP) is 20.5. The number of para-hydroxylation sites is 2. The van der Waals surface area contributed by atoms with Crippen LogP contribution >= 0.6 is 0 Å². The van der Waals surface area contributed by atoms with Crippen LogP contribution in [0.4, 0.5) is 34.1 Å². The molecule has 0 bridgehead atoms. The molecule has 18 rings (SSSR count). The van der Waals surface area contributed by atoms with Gasteiger partial charge in [0, 0.05) is 44.8 Å². The van der Waals surface area contributed by atoms with Crippen molar-refractivity contribution in [2.24, 2.45) is 0 Å². The molecule has 12 aromatic carbocycles. The lowest BCUT2D eigenvalue weighted by atomic mass is 9.70. The molecule has 82 heavy (non-hydrogen) atoms. The van der Waals surface area contributed by atoms with E-state index >= 15 is 0 Å². The number of anilines is 6. The zero-order valence-electron chi connectivity index (χ0n) is 44.4. The van der Waals surface area contributed by atoms with Crippen LogP contribution < -0.4 is 9.80 Å². The van der Waals surface area contributed by atoms with Gasteiger partial charge in [-0.2, -0.15) is 0 Å². The van der Waals surface area contributed by atoms with Crippen molar-refractivity contribution in [2.75, 3.05) is 9.80 Å². The van der Waals surface area contributed by atoms with E-state index in [0.29, 0.717) is 0 Å². The van der Waals surface area contributed by atoms with Gasteiger partial charge in [0.15, 0.2) is 5.58 Å². The number of rotatable bonds is 7. The average molecular weight is 1050 g/mol. The van der Waals surface area contributed by atoms with Crippen LogP contribution in [0.15, 0.2) is 300 Å². The highest BCUT2D eigenvalue weighted by Gasteiger charge is 2.53. The normalized spacial score (nSPS) is 13.8. The highest BCUT2D eigenvalue weighted by molar-refractivity contribution is 6.19. The summed E-state index contributed by atoms with van der Waals surface area (Å²) in [5.41, 5.74) is 29.7. The Hall–Kier alpha value is -10.7. The maximum atomic E-state index is 6.74. The third kappa shape index (κ3) is 5.84. The molecule has 2 aromatic heterocycles. The third-order valence-electron chi connectivity index (χ3n) is 18.4. The van der Waals surface area contributed by atoms with Gasteiger partial charge >= 0.3 is 0 Å². The Balaban J connectivity index is 0.774. The zero-order chi connectivity index (χ0) is 53.7. The average Bonchev–Trinajstić information content (AvgIpc) is 1.67. The van der Waals surface area contributed by atoms with Crippen molar-refractivity contribution in [3.8, 4) is 55.6 Å². The van der Waals surface area contributed by atoms with Crippen molar-refractivity contribution in [3.63, 3.8) is 0 Å². The van der Waals surface area contributed by atoms with Gasteiger partial charge < -0.3 is 18.6 Å². The standard InChI is InChI=1S/C78H48N2O2/c1-3-19-50(20-4-1)79(53-39-41-71-63(47-53)59-27-11-17-33-69(59)77(71)65-29-13-7-23-55(65)56-24-8-14-30-66(56)77)52-37-35-49(36-38-52)73-61-43-45-82-76(61)74(62-44-46-81-75(62)73)80(51-21-5-2-6-22-51)54-40-42-72-64(48-54)60-28-12-18-34-70(60)78(72)67-31-15-9-25-57(67)58-26-10-16-32-68(58)78/h1-48H. The van der Waals surface area contributed by atoms with Gasteiger partial charge in [-0.05, 0) is 167 Å². The van der Waals surface area contributed by atoms with Gasteiger partial charge in [0.2, 0.25) is 0 Å². The van der Waals surface area contributed by atoms with Crippen molar-refractivity contribution in [3.05, 3.63) is 336 Å². The molecule has 0 saturated heterocycles. The quantitative estimate of drug-likeness (QED) is 0.159. The third-order valence-corrected chi connectivity index (χ3v) is 18.4. The maximum absolute atomic E-state index is 6.74. The van der Waals surface area contributed by atoms with Crippen molar-refractivity contribution in [1.29, 1.82) is 0 Å². The summed E-state index contributed by atoms with van der Waals surface area (Å²) >= 11 is 0. The summed E-state index contributed by atoms with van der Waals surface area (Å²) < 4.78 is 13.4. The summed E-state index contributed by atoms with van der Waals surface area (Å²) in [7, 11) is 0. The maximum Gasteiger partial charge on any atom is 0.159 e. The molecule has 4 aliphatic carbocycles. The molecule has 0 N–H and O–H groups in total. The number of furan rings is 2. The minimum Gasteiger partial charge on any atom is -0.464 e. The first-order valence-corrected chi connectivity index (χ1v) is 28.3. The Morgan fingerprint density at radius 3 is 1.02 bits per heavy atom. The van der Waals surface area contributed by atoms with Crippen molar-refractivity contribution < 1.29 is 8.83 Å². The lowest BCUT2D eigenvalue weighted by Crippen LogP contribution is -2.25. The largest absolute Gasteiger partial charge is 0.464 e. The second kappa shape index (κ2) is 16.9. The van der Waals surface area contributed by atoms with E-state index in [0.717, 1.165) is 67.2 Å². The van der Waals surface area contributed by atoms with E-state index in [2.05, 4.69) is 289 Å². The Morgan fingerprint density at radius 1 is 0.244 bits per heavy atom. The number of hydrogen-bond donors (Lipinski definition) is 0. The van der Waals surface area contributed by atoms with Gasteiger partial charge in [0.1, 0.15) is 11.3 Å². The van der Waals surface area contributed by atoms with E-state index in [1.807, 2.05) is 12.5 Å². The molecule has 0 radical (unpaired) electrons. The number of hydrogen-bond acceptors (Lipinski definition) is 4. The molecule has 4 heteroatoms. The fraction of sp³-hybridized carbons (Fsp3) is 0.0256. The molecule has 2 spiro atoms. The fourth-order valence-corrected chi connectivity index (χ4v) is 15.4. The van der Waals surface area contributed by atoms with E-state index in [9.17, 15) is 0 Å². The van der Waals surface area contributed by atoms with E-state index in [1.54, 1.807) is 0 Å². The first-order valence-electron chi connectivity index (χ1n) is 28.3. The van der Waals surface area contributed by atoms with Crippen molar-refractivity contribution in [1.82, 2.24) is 0 Å². The van der Waals surface area contributed by atoms with E-state index < -0.39 is 10.8 Å². The lowest BCUT2D eigenvalue weighted by molar-refractivity contribution is 0.613. The molecule has 0 unspecified atom stereocenters. The molecule has 382 valence electrons. The van der Waals surface area contributed by atoms with Gasteiger partial charge in [0.25, 0.3) is 0 Å². The van der Waals surface area contributed by atoms with Crippen LogP contribution in [-0.4, -0.2) is 0 Å². The minimum absolute atomic E-state index is 0.410. The smallest absolute Gasteiger partial charge is 0.159 e. The molecule has 0 aliphatic heterocycles. The van der Waals surface area contributed by atoms with Gasteiger partial charge in [0.05, 0.1) is 23.4 Å². The second-order valence-corrected chi connectivity index (χ2v) is 22.2. The first kappa shape index (κ1) is 45.2. The van der Waals surface area contributed by atoms with Crippen LogP contribution in [0, 0.1) is 0 Å². The topological polar surface area (TPSA) is 32.8 Å². The van der Waals surface area contributed by atoms with E-state index in [1.165, 1.54) is 89.0 Å². The summed E-state index contributed by atoms with van der Waals surface area (Å²) in [6.45, 7) is 0. The Labute approximate surface area is 474 Å². The monoisotopic (exact) mass is 1040 g/mol. The zero-order valence-corrected chi connectivity index (χ0v) is 44.4. The molecule has 4 nitrogen and oxygen atoms in total. The summed E-state index contributed by atoms with van der Waals surface area (Å²) in [6, 6.07) is 103. The Kier molecular flexibility index (Phi) is 9.33. The molecule has 4 aliphatic rings. The van der Waals surface area contributed by atoms with Gasteiger partial charge in [-0.3, -0.25) is 0 Å². The predicted molar refractivity (Wildman–Crippen MR) is 333 cm³/mol. The second-order valence-electron chi connectivity index (χ2n) is 22.2. The van der Waals surface area contributed by atoms with Crippen LogP contribution in [-0.2, 0) is 10.8 Å². The van der Waals surface area contributed by atoms with Gasteiger partial charge in [-0.15, -0.1) is 0 Å². The number of fused-ring (bicyclic) bond motifs is 22. The Bertz CT molecular complexity index is 4810. The van der Waals surface area contributed by atoms with E-state index in [4.69, 9.17) is 8.83 Å². The number of nitrogens with zero attached hydrogens (tertiary/aromatic N) is 2. The highest BCUT2D eigenvalue weighted by atomic mass is 16.3. The van der Waals surface area contributed by atoms with Crippen LogP contribution in [0.1, 0.15) is 44.5 Å². The molecular weight excluding hydrogens is 997 g/mol. The summed E-state index contributed by atoms with van der Waals surface area (Å²) in [4.78, 5) is 4.74. The fourth-order valence-electron chi connectivity index (χ4n) is 15.4. The van der Waals surface area contributed by atoms with Crippen LogP contribution in [0.3, 0.4) is 0 Å². The summed E-state index contributed by atoms with van der Waals surface area (Å²) in [6.07, 6.45) is 3.64. The molecule has 0 saturated carbocycles. The summed E-state index contributed by atoms with van der Waals surface area (Å²) in [5.74, 6) is 0. The molecule has 0 fully saturated rings. The van der Waals surface area contributed by atoms with Crippen LogP contribution in [0.25, 0.3) is 77.6 Å². The highest BCUT2D eigenvalue weighted by Crippen LogP contribution is 2.65. The van der Waals surface area contributed by atoms with Crippen molar-refractivity contribution in [2.45, 2.75) is 10.8 Å². The van der Waals surface area contributed by atoms with Crippen LogP contribution in [0.5, 0.6) is 0 Å². The molecule has 14 aromatic rings. The lowest BCUT2D eigenvalue weighted by Gasteiger charge is -2.31. The molecule has 2 heterocycles. The van der Waals surface area contributed by atoms with Crippen molar-refractivity contribution >= 4 is 56.1 Å². The minimum atomic E-state index is -0.441. The first-order chi connectivity index (χ1) is 40.7. The molecule has 0 atom stereocenters. The van der Waals surface area contributed by atoms with Crippen LogP contribution in [0.2, 0.25) is 0 Å². The Morgan fingerprint density at radius 2 is 0.573 bits per heavy atom. The SMILES string of the molecule is c1ccc(N(c2ccc(-c3c4ccoc4c(N(c4ccccc4)c4ccc5c(c4)-c4ccccc4C54c5ccccc5-c5ccccc54)c4ccoc34)cc2)c2ccc3c(c2)-c2ccccc2C32c3ccccc3-c3ccccc32)cc1. The molecular formula is C78H48N2O2. The van der Waals surface area contributed by atoms with Gasteiger partial charge in [-0.1, -0.05) is 206 Å².